The number of rotatable bonds is 4. The number of aliphatic carboxylic acids is 1. The van der Waals surface area contributed by atoms with Crippen molar-refractivity contribution in [1.82, 2.24) is 4.90 Å². The second kappa shape index (κ2) is 6.01. The van der Waals surface area contributed by atoms with Crippen molar-refractivity contribution in [3.63, 3.8) is 0 Å². The Morgan fingerprint density at radius 3 is 2.56 bits per heavy atom. The largest absolute Gasteiger partial charge is 0.480 e. The second-order valence-electron chi connectivity index (χ2n) is 5.08. The Labute approximate surface area is 108 Å². The van der Waals surface area contributed by atoms with E-state index in [-0.39, 0.29) is 6.04 Å². The maximum atomic E-state index is 11.5. The van der Waals surface area contributed by atoms with E-state index in [0.29, 0.717) is 6.42 Å². The lowest BCUT2D eigenvalue weighted by molar-refractivity contribution is -0.143. The molecule has 0 aromatic heterocycles. The second-order valence-corrected chi connectivity index (χ2v) is 5.08. The standard InChI is InChI=1S/C15H21NO2/c1-12-7-3-4-8-13(12)11-14(15(17)18)16-9-5-2-6-10-16/h3-4,7-8,14H,2,5-6,9-11H2,1H3,(H,17,18)/t14-/m1/s1. The number of benzene rings is 1. The monoisotopic (exact) mass is 247 g/mol. The van der Waals surface area contributed by atoms with Gasteiger partial charge in [-0.05, 0) is 50.4 Å². The Morgan fingerprint density at radius 2 is 1.94 bits per heavy atom. The number of piperidine rings is 1. The lowest BCUT2D eigenvalue weighted by Crippen LogP contribution is -2.45. The molecule has 18 heavy (non-hydrogen) atoms. The topological polar surface area (TPSA) is 40.5 Å². The van der Waals surface area contributed by atoms with E-state index in [1.54, 1.807) is 0 Å². The molecule has 0 saturated carbocycles. The van der Waals surface area contributed by atoms with Gasteiger partial charge in [-0.15, -0.1) is 0 Å². The van der Waals surface area contributed by atoms with Crippen LogP contribution in [0.15, 0.2) is 24.3 Å². The van der Waals surface area contributed by atoms with Crippen molar-refractivity contribution in [3.8, 4) is 0 Å². The minimum Gasteiger partial charge on any atom is -0.480 e. The van der Waals surface area contributed by atoms with Crippen LogP contribution in [0.3, 0.4) is 0 Å². The molecule has 0 radical (unpaired) electrons. The van der Waals surface area contributed by atoms with Crippen LogP contribution in [0.25, 0.3) is 0 Å². The van der Waals surface area contributed by atoms with Crippen LogP contribution in [0, 0.1) is 6.92 Å². The van der Waals surface area contributed by atoms with Crippen LogP contribution < -0.4 is 0 Å². The molecule has 1 N–H and O–H groups in total. The third kappa shape index (κ3) is 3.10. The lowest BCUT2D eigenvalue weighted by Gasteiger charge is -2.32. The molecular formula is C15H21NO2. The van der Waals surface area contributed by atoms with E-state index in [4.69, 9.17) is 0 Å². The zero-order valence-corrected chi connectivity index (χ0v) is 10.9. The molecule has 1 atom stereocenters. The molecule has 3 nitrogen and oxygen atoms in total. The Morgan fingerprint density at radius 1 is 1.28 bits per heavy atom. The van der Waals surface area contributed by atoms with E-state index in [9.17, 15) is 9.90 Å². The molecule has 1 aliphatic rings. The highest BCUT2D eigenvalue weighted by atomic mass is 16.4. The molecular weight excluding hydrogens is 226 g/mol. The van der Waals surface area contributed by atoms with Gasteiger partial charge < -0.3 is 5.11 Å². The zero-order valence-electron chi connectivity index (χ0n) is 10.9. The summed E-state index contributed by atoms with van der Waals surface area (Å²) < 4.78 is 0. The number of likely N-dealkylation sites (tertiary alicyclic amines) is 1. The van der Waals surface area contributed by atoms with Gasteiger partial charge in [-0.1, -0.05) is 30.7 Å². The molecule has 1 aromatic carbocycles. The summed E-state index contributed by atoms with van der Waals surface area (Å²) in [5.74, 6) is -0.694. The van der Waals surface area contributed by atoms with Crippen LogP contribution in [0.2, 0.25) is 0 Å². The zero-order chi connectivity index (χ0) is 13.0. The Hall–Kier alpha value is -1.35. The quantitative estimate of drug-likeness (QED) is 0.888. The molecule has 0 unspecified atom stereocenters. The van der Waals surface area contributed by atoms with E-state index in [2.05, 4.69) is 4.90 Å². The highest BCUT2D eigenvalue weighted by Crippen LogP contribution is 2.17. The van der Waals surface area contributed by atoms with Gasteiger partial charge in [-0.25, -0.2) is 0 Å². The molecule has 1 aliphatic heterocycles. The number of hydrogen-bond acceptors (Lipinski definition) is 2. The molecule has 1 fully saturated rings. The Balaban J connectivity index is 2.11. The summed E-state index contributed by atoms with van der Waals surface area (Å²) >= 11 is 0. The fourth-order valence-electron chi connectivity index (χ4n) is 2.65. The highest BCUT2D eigenvalue weighted by molar-refractivity contribution is 5.74. The average Bonchev–Trinajstić information content (AvgIpc) is 2.38. The summed E-state index contributed by atoms with van der Waals surface area (Å²) in [5, 5.41) is 9.44. The first kappa shape index (κ1) is 13.1. The summed E-state index contributed by atoms with van der Waals surface area (Å²) in [4.78, 5) is 13.6. The smallest absolute Gasteiger partial charge is 0.321 e. The first-order chi connectivity index (χ1) is 8.68. The van der Waals surface area contributed by atoms with Gasteiger partial charge in [-0.2, -0.15) is 0 Å². The number of carboxylic acids is 1. The van der Waals surface area contributed by atoms with Crippen LogP contribution >= 0.6 is 0 Å². The summed E-state index contributed by atoms with van der Waals surface area (Å²) in [5.41, 5.74) is 2.33. The van der Waals surface area contributed by atoms with Gasteiger partial charge in [0.2, 0.25) is 0 Å². The highest BCUT2D eigenvalue weighted by Gasteiger charge is 2.27. The average molecular weight is 247 g/mol. The SMILES string of the molecule is Cc1ccccc1C[C@H](C(=O)O)N1CCCCC1. The summed E-state index contributed by atoms with van der Waals surface area (Å²) in [7, 11) is 0. The van der Waals surface area contributed by atoms with E-state index < -0.39 is 5.97 Å². The molecule has 0 spiro atoms. The van der Waals surface area contributed by atoms with Gasteiger partial charge in [0, 0.05) is 0 Å². The number of carboxylic acid groups (broad SMARTS) is 1. The molecule has 1 saturated heterocycles. The Kier molecular flexibility index (Phi) is 4.37. The number of aryl methyl sites for hydroxylation is 1. The van der Waals surface area contributed by atoms with Gasteiger partial charge >= 0.3 is 5.97 Å². The van der Waals surface area contributed by atoms with Gasteiger partial charge in [0.1, 0.15) is 6.04 Å². The molecule has 0 bridgehead atoms. The fourth-order valence-corrected chi connectivity index (χ4v) is 2.65. The van der Waals surface area contributed by atoms with Gasteiger partial charge in [0.05, 0.1) is 0 Å². The molecule has 98 valence electrons. The first-order valence-corrected chi connectivity index (χ1v) is 6.70. The predicted molar refractivity (Wildman–Crippen MR) is 71.7 cm³/mol. The van der Waals surface area contributed by atoms with E-state index in [0.717, 1.165) is 31.5 Å². The molecule has 3 heteroatoms. The number of hydrogen-bond donors (Lipinski definition) is 1. The van der Waals surface area contributed by atoms with Crippen molar-refractivity contribution >= 4 is 5.97 Å². The van der Waals surface area contributed by atoms with Crippen molar-refractivity contribution < 1.29 is 9.90 Å². The van der Waals surface area contributed by atoms with Crippen molar-refractivity contribution in [2.24, 2.45) is 0 Å². The van der Waals surface area contributed by atoms with Crippen molar-refractivity contribution in [2.45, 2.75) is 38.6 Å². The molecule has 1 aromatic rings. The summed E-state index contributed by atoms with van der Waals surface area (Å²) in [6.07, 6.45) is 4.09. The van der Waals surface area contributed by atoms with Crippen LogP contribution in [0.1, 0.15) is 30.4 Å². The summed E-state index contributed by atoms with van der Waals surface area (Å²) in [6, 6.07) is 7.69. The third-order valence-corrected chi connectivity index (χ3v) is 3.79. The molecule has 0 amide bonds. The third-order valence-electron chi connectivity index (χ3n) is 3.79. The lowest BCUT2D eigenvalue weighted by atomic mass is 9.98. The number of carbonyl (C=O) groups is 1. The van der Waals surface area contributed by atoms with E-state index >= 15 is 0 Å². The summed E-state index contributed by atoms with van der Waals surface area (Å²) in [6.45, 7) is 3.89. The van der Waals surface area contributed by atoms with Crippen LogP contribution in [-0.2, 0) is 11.2 Å². The van der Waals surface area contributed by atoms with Crippen molar-refractivity contribution in [1.29, 1.82) is 0 Å². The van der Waals surface area contributed by atoms with Gasteiger partial charge in [0.15, 0.2) is 0 Å². The first-order valence-electron chi connectivity index (χ1n) is 6.70. The van der Waals surface area contributed by atoms with Gasteiger partial charge in [-0.3, -0.25) is 9.69 Å². The van der Waals surface area contributed by atoms with Gasteiger partial charge in [0.25, 0.3) is 0 Å². The maximum Gasteiger partial charge on any atom is 0.321 e. The van der Waals surface area contributed by atoms with E-state index in [1.807, 2.05) is 31.2 Å². The Bertz CT molecular complexity index is 411. The maximum absolute atomic E-state index is 11.5. The molecule has 1 heterocycles. The fraction of sp³-hybridized carbons (Fsp3) is 0.533. The van der Waals surface area contributed by atoms with Crippen LogP contribution in [-0.4, -0.2) is 35.1 Å². The molecule has 0 aliphatic carbocycles. The van der Waals surface area contributed by atoms with Crippen LogP contribution in [0.5, 0.6) is 0 Å². The molecule has 2 rings (SSSR count). The minimum atomic E-state index is -0.694. The van der Waals surface area contributed by atoms with E-state index in [1.165, 1.54) is 12.0 Å². The normalized spacial score (nSPS) is 18.5. The van der Waals surface area contributed by atoms with Crippen LogP contribution in [0.4, 0.5) is 0 Å². The predicted octanol–water partition coefficient (Wildman–Crippen LogP) is 2.48. The van der Waals surface area contributed by atoms with Crippen molar-refractivity contribution in [2.75, 3.05) is 13.1 Å². The number of nitrogens with zero attached hydrogens (tertiary/aromatic N) is 1. The van der Waals surface area contributed by atoms with Crippen molar-refractivity contribution in [3.05, 3.63) is 35.4 Å². The minimum absolute atomic E-state index is 0.369.